The van der Waals surface area contributed by atoms with Crippen molar-refractivity contribution in [2.45, 2.75) is 26.8 Å². The number of nitrogens with zero attached hydrogens (tertiary/aromatic N) is 1. The van der Waals surface area contributed by atoms with Gasteiger partial charge in [-0.3, -0.25) is 4.79 Å². The number of benzene rings is 2. The van der Waals surface area contributed by atoms with Gasteiger partial charge >= 0.3 is 0 Å². The Hall–Kier alpha value is -3.02. The van der Waals surface area contributed by atoms with Crippen molar-refractivity contribution in [1.29, 1.82) is 0 Å². The Kier molecular flexibility index (Phi) is 8.16. The summed E-state index contributed by atoms with van der Waals surface area (Å²) in [7, 11) is 1.58. The Balaban J connectivity index is 1.99. The summed E-state index contributed by atoms with van der Waals surface area (Å²) in [5, 5.41) is 9.39. The minimum atomic E-state index is -0.134. The van der Waals surface area contributed by atoms with Gasteiger partial charge in [-0.2, -0.15) is 0 Å². The molecule has 0 spiro atoms. The van der Waals surface area contributed by atoms with Gasteiger partial charge in [0.1, 0.15) is 5.75 Å². The fourth-order valence-corrected chi connectivity index (χ4v) is 2.62. The summed E-state index contributed by atoms with van der Waals surface area (Å²) >= 11 is 0. The first-order valence-corrected chi connectivity index (χ1v) is 9.13. The zero-order valence-corrected chi connectivity index (χ0v) is 16.2. The highest BCUT2D eigenvalue weighted by molar-refractivity contribution is 5.90. The molecule has 6 nitrogen and oxygen atoms in total. The van der Waals surface area contributed by atoms with E-state index in [-0.39, 0.29) is 5.91 Å². The van der Waals surface area contributed by atoms with Crippen molar-refractivity contribution < 1.29 is 9.53 Å². The van der Waals surface area contributed by atoms with Crippen LogP contribution < -0.4 is 20.7 Å². The van der Waals surface area contributed by atoms with Crippen LogP contribution >= 0.6 is 0 Å². The predicted molar refractivity (Wildman–Crippen MR) is 110 cm³/mol. The largest absolute Gasteiger partial charge is 0.495 e. The second-order valence-electron chi connectivity index (χ2n) is 6.07. The maximum Gasteiger partial charge on any atom is 0.221 e. The third-order valence-corrected chi connectivity index (χ3v) is 3.89. The molecule has 6 heteroatoms. The van der Waals surface area contributed by atoms with Crippen molar-refractivity contribution in [2.24, 2.45) is 4.99 Å². The SMILES string of the molecule is CCNC(=NCc1ccc(OC)c(NC(C)=O)c1)NCCc1ccccc1. The molecule has 3 N–H and O–H groups in total. The Morgan fingerprint density at radius 3 is 2.52 bits per heavy atom. The third kappa shape index (κ3) is 7.01. The van der Waals surface area contributed by atoms with E-state index in [4.69, 9.17) is 4.74 Å². The molecule has 0 fully saturated rings. The Morgan fingerprint density at radius 1 is 1.07 bits per heavy atom. The van der Waals surface area contributed by atoms with E-state index < -0.39 is 0 Å². The average molecular weight is 368 g/mol. The molecule has 0 saturated carbocycles. The van der Waals surface area contributed by atoms with Crippen LogP contribution in [-0.2, 0) is 17.8 Å². The maximum absolute atomic E-state index is 11.4. The van der Waals surface area contributed by atoms with Crippen LogP contribution in [0.2, 0.25) is 0 Å². The van der Waals surface area contributed by atoms with Crippen LogP contribution in [0.4, 0.5) is 5.69 Å². The molecule has 1 amide bonds. The summed E-state index contributed by atoms with van der Waals surface area (Å²) in [4.78, 5) is 16.0. The zero-order chi connectivity index (χ0) is 19.5. The van der Waals surface area contributed by atoms with Crippen LogP contribution in [0.1, 0.15) is 25.0 Å². The van der Waals surface area contributed by atoms with Crippen LogP contribution in [0.3, 0.4) is 0 Å². The summed E-state index contributed by atoms with van der Waals surface area (Å²) in [6.45, 7) is 5.60. The Bertz CT molecular complexity index is 760. The topological polar surface area (TPSA) is 74.8 Å². The number of nitrogens with one attached hydrogen (secondary N) is 3. The van der Waals surface area contributed by atoms with E-state index in [1.807, 2.05) is 43.3 Å². The molecule has 2 aromatic rings. The van der Waals surface area contributed by atoms with Gasteiger partial charge in [0.15, 0.2) is 5.96 Å². The van der Waals surface area contributed by atoms with E-state index in [9.17, 15) is 4.79 Å². The van der Waals surface area contributed by atoms with Gasteiger partial charge in [0.25, 0.3) is 0 Å². The number of hydrogen-bond acceptors (Lipinski definition) is 3. The van der Waals surface area contributed by atoms with Gasteiger partial charge in [-0.05, 0) is 36.6 Å². The van der Waals surface area contributed by atoms with E-state index >= 15 is 0 Å². The third-order valence-electron chi connectivity index (χ3n) is 3.89. The number of aliphatic imine (C=N–C) groups is 1. The minimum absolute atomic E-state index is 0.134. The molecule has 0 atom stereocenters. The lowest BCUT2D eigenvalue weighted by molar-refractivity contribution is -0.114. The molecule has 2 aromatic carbocycles. The van der Waals surface area contributed by atoms with Crippen LogP contribution in [0.15, 0.2) is 53.5 Å². The number of carbonyl (C=O) groups excluding carboxylic acids is 1. The number of carbonyl (C=O) groups is 1. The molecule has 0 heterocycles. The number of guanidine groups is 1. The fraction of sp³-hybridized carbons (Fsp3) is 0.333. The van der Waals surface area contributed by atoms with Crippen molar-refractivity contribution in [3.05, 3.63) is 59.7 Å². The summed E-state index contributed by atoms with van der Waals surface area (Å²) in [6, 6.07) is 16.0. The summed E-state index contributed by atoms with van der Waals surface area (Å²) in [6.07, 6.45) is 0.931. The lowest BCUT2D eigenvalue weighted by Crippen LogP contribution is -2.38. The van der Waals surface area contributed by atoms with Crippen LogP contribution in [0.25, 0.3) is 0 Å². The van der Waals surface area contributed by atoms with Crippen molar-refractivity contribution in [2.75, 3.05) is 25.5 Å². The summed E-state index contributed by atoms with van der Waals surface area (Å²) in [5.74, 6) is 1.26. The minimum Gasteiger partial charge on any atom is -0.495 e. The van der Waals surface area contributed by atoms with Gasteiger partial charge in [0.05, 0.1) is 19.3 Å². The van der Waals surface area contributed by atoms with Gasteiger partial charge in [-0.15, -0.1) is 0 Å². The smallest absolute Gasteiger partial charge is 0.221 e. The number of amides is 1. The molecular weight excluding hydrogens is 340 g/mol. The molecule has 0 bridgehead atoms. The standard InChI is InChI=1S/C21H28N4O2/c1-4-22-21(23-13-12-17-8-6-5-7-9-17)24-15-18-10-11-20(27-3)19(14-18)25-16(2)26/h5-11,14H,4,12-13,15H2,1-3H3,(H,25,26)(H2,22,23,24). The Labute approximate surface area is 161 Å². The van der Waals surface area contributed by atoms with Gasteiger partial charge < -0.3 is 20.7 Å². The number of ether oxygens (including phenoxy) is 1. The number of hydrogen-bond donors (Lipinski definition) is 3. The molecule has 27 heavy (non-hydrogen) atoms. The fourth-order valence-electron chi connectivity index (χ4n) is 2.62. The zero-order valence-electron chi connectivity index (χ0n) is 16.2. The highest BCUT2D eigenvalue weighted by Gasteiger charge is 2.06. The van der Waals surface area contributed by atoms with Crippen LogP contribution in [-0.4, -0.2) is 32.1 Å². The first-order valence-electron chi connectivity index (χ1n) is 9.13. The van der Waals surface area contributed by atoms with Gasteiger partial charge in [-0.25, -0.2) is 4.99 Å². The first-order chi connectivity index (χ1) is 13.1. The molecule has 0 aliphatic heterocycles. The quantitative estimate of drug-likeness (QED) is 0.495. The molecule has 0 aliphatic rings. The van der Waals surface area contributed by atoms with E-state index in [1.165, 1.54) is 12.5 Å². The van der Waals surface area contributed by atoms with Crippen molar-refractivity contribution in [3.8, 4) is 5.75 Å². The highest BCUT2D eigenvalue weighted by atomic mass is 16.5. The maximum atomic E-state index is 11.4. The molecule has 144 valence electrons. The highest BCUT2D eigenvalue weighted by Crippen LogP contribution is 2.25. The van der Waals surface area contributed by atoms with Crippen LogP contribution in [0, 0.1) is 0 Å². The normalized spacial score (nSPS) is 11.0. The van der Waals surface area contributed by atoms with Gasteiger partial charge in [0.2, 0.25) is 5.91 Å². The number of methoxy groups -OCH3 is 1. The molecule has 0 unspecified atom stereocenters. The number of rotatable bonds is 8. The molecule has 2 rings (SSSR count). The van der Waals surface area contributed by atoms with Crippen molar-refractivity contribution in [3.63, 3.8) is 0 Å². The summed E-state index contributed by atoms with van der Waals surface area (Å²) in [5.41, 5.74) is 2.93. The molecule has 0 aliphatic carbocycles. The molecule has 0 saturated heterocycles. The molecule has 0 aromatic heterocycles. The monoisotopic (exact) mass is 368 g/mol. The van der Waals surface area contributed by atoms with E-state index in [0.29, 0.717) is 18.0 Å². The van der Waals surface area contributed by atoms with E-state index in [1.54, 1.807) is 7.11 Å². The van der Waals surface area contributed by atoms with Gasteiger partial charge in [0, 0.05) is 20.0 Å². The van der Waals surface area contributed by atoms with Crippen molar-refractivity contribution in [1.82, 2.24) is 10.6 Å². The Morgan fingerprint density at radius 2 is 1.85 bits per heavy atom. The van der Waals surface area contributed by atoms with Crippen LogP contribution in [0.5, 0.6) is 5.75 Å². The lowest BCUT2D eigenvalue weighted by atomic mass is 10.1. The second-order valence-corrected chi connectivity index (χ2v) is 6.07. The average Bonchev–Trinajstić information content (AvgIpc) is 2.66. The second kappa shape index (κ2) is 10.9. The summed E-state index contributed by atoms with van der Waals surface area (Å²) < 4.78 is 5.29. The first kappa shape index (κ1) is 20.3. The lowest BCUT2D eigenvalue weighted by Gasteiger charge is -2.13. The van der Waals surface area contributed by atoms with Crippen molar-refractivity contribution >= 4 is 17.6 Å². The van der Waals surface area contributed by atoms with Gasteiger partial charge in [-0.1, -0.05) is 36.4 Å². The molecular formula is C21H28N4O2. The van der Waals surface area contributed by atoms with E-state index in [2.05, 4.69) is 33.1 Å². The predicted octanol–water partition coefficient (Wildman–Crippen LogP) is 2.95. The van der Waals surface area contributed by atoms with E-state index in [0.717, 1.165) is 31.0 Å². The molecule has 0 radical (unpaired) electrons. The number of anilines is 1.